The van der Waals surface area contributed by atoms with Gasteiger partial charge in [-0.25, -0.2) is 4.79 Å². The van der Waals surface area contributed by atoms with Crippen LogP contribution in [0, 0.1) is 6.92 Å². The zero-order chi connectivity index (χ0) is 15.8. The number of carbonyl (C=O) groups is 1. The molecule has 0 atom stereocenters. The Morgan fingerprint density at radius 2 is 1.73 bits per heavy atom. The molecule has 0 aliphatic rings. The minimum Gasteiger partial charge on any atom is -0.489 e. The van der Waals surface area contributed by atoms with Crippen LogP contribution in [-0.4, -0.2) is 12.6 Å². The van der Waals surface area contributed by atoms with E-state index in [2.05, 4.69) is 31.2 Å². The van der Waals surface area contributed by atoms with E-state index < -0.39 is 0 Å². The molecule has 3 heteroatoms. The predicted molar refractivity (Wildman–Crippen MR) is 87.6 cm³/mol. The summed E-state index contributed by atoms with van der Waals surface area (Å²) in [6, 6.07) is 15.8. The Morgan fingerprint density at radius 3 is 2.36 bits per heavy atom. The molecule has 0 spiro atoms. The Bertz CT molecular complexity index is 625. The number of benzene rings is 2. The van der Waals surface area contributed by atoms with E-state index >= 15 is 0 Å². The molecule has 0 bridgehead atoms. The quantitative estimate of drug-likeness (QED) is 0.593. The number of carbonyl (C=O) groups excluding carboxylic acids is 1. The highest BCUT2D eigenvalue weighted by Gasteiger charge is 1.97. The van der Waals surface area contributed by atoms with Gasteiger partial charge in [-0.05, 0) is 43.2 Å². The summed E-state index contributed by atoms with van der Waals surface area (Å²) in [5.74, 6) is 0.469. The summed E-state index contributed by atoms with van der Waals surface area (Å²) in [6.07, 6.45) is 3.15. The van der Waals surface area contributed by atoms with Gasteiger partial charge in [-0.2, -0.15) is 0 Å². The zero-order valence-corrected chi connectivity index (χ0v) is 12.9. The van der Waals surface area contributed by atoms with Crippen LogP contribution in [0.5, 0.6) is 5.75 Å². The SMILES string of the molecule is CCOC(=O)/C=C/c1ccc(OCc2ccc(C)cc2)cc1. The molecule has 114 valence electrons. The molecule has 0 amide bonds. The molecular formula is C19H20O3. The fourth-order valence-corrected chi connectivity index (χ4v) is 1.88. The van der Waals surface area contributed by atoms with Gasteiger partial charge < -0.3 is 9.47 Å². The van der Waals surface area contributed by atoms with Crippen LogP contribution in [0.3, 0.4) is 0 Å². The van der Waals surface area contributed by atoms with Crippen molar-refractivity contribution in [2.24, 2.45) is 0 Å². The lowest BCUT2D eigenvalue weighted by Crippen LogP contribution is -1.98. The maximum Gasteiger partial charge on any atom is 0.330 e. The highest BCUT2D eigenvalue weighted by molar-refractivity contribution is 5.87. The number of esters is 1. The van der Waals surface area contributed by atoms with Crippen molar-refractivity contribution in [1.82, 2.24) is 0 Å². The van der Waals surface area contributed by atoms with Crippen LogP contribution in [0.1, 0.15) is 23.6 Å². The van der Waals surface area contributed by atoms with Gasteiger partial charge in [0.25, 0.3) is 0 Å². The van der Waals surface area contributed by atoms with Crippen LogP contribution in [0.4, 0.5) is 0 Å². The molecule has 0 saturated heterocycles. The predicted octanol–water partition coefficient (Wildman–Crippen LogP) is 4.15. The van der Waals surface area contributed by atoms with Gasteiger partial charge >= 0.3 is 5.97 Å². The van der Waals surface area contributed by atoms with E-state index in [9.17, 15) is 4.79 Å². The third-order valence-corrected chi connectivity index (χ3v) is 3.10. The number of hydrogen-bond acceptors (Lipinski definition) is 3. The van der Waals surface area contributed by atoms with Gasteiger partial charge in [0.15, 0.2) is 0 Å². The summed E-state index contributed by atoms with van der Waals surface area (Å²) in [7, 11) is 0. The fourth-order valence-electron chi connectivity index (χ4n) is 1.88. The maximum absolute atomic E-state index is 11.2. The van der Waals surface area contributed by atoms with Gasteiger partial charge in [0.2, 0.25) is 0 Å². The highest BCUT2D eigenvalue weighted by atomic mass is 16.5. The van der Waals surface area contributed by atoms with E-state index in [0.717, 1.165) is 16.9 Å². The second kappa shape index (κ2) is 8.03. The van der Waals surface area contributed by atoms with Crippen molar-refractivity contribution in [3.63, 3.8) is 0 Å². The Kier molecular flexibility index (Phi) is 5.78. The molecule has 22 heavy (non-hydrogen) atoms. The summed E-state index contributed by atoms with van der Waals surface area (Å²) in [6.45, 7) is 4.77. The van der Waals surface area contributed by atoms with Crippen LogP contribution in [0.25, 0.3) is 6.08 Å². The molecule has 0 N–H and O–H groups in total. The largest absolute Gasteiger partial charge is 0.489 e. The Labute approximate surface area is 131 Å². The van der Waals surface area contributed by atoms with E-state index in [1.54, 1.807) is 13.0 Å². The number of aryl methyl sites for hydroxylation is 1. The van der Waals surface area contributed by atoms with Crippen molar-refractivity contribution < 1.29 is 14.3 Å². The topological polar surface area (TPSA) is 35.5 Å². The van der Waals surface area contributed by atoms with Gasteiger partial charge in [0, 0.05) is 6.08 Å². The first-order chi connectivity index (χ1) is 10.7. The van der Waals surface area contributed by atoms with Crippen LogP contribution in [-0.2, 0) is 16.1 Å². The smallest absolute Gasteiger partial charge is 0.330 e. The first-order valence-corrected chi connectivity index (χ1v) is 7.30. The Hall–Kier alpha value is -2.55. The lowest BCUT2D eigenvalue weighted by Gasteiger charge is -2.07. The lowest BCUT2D eigenvalue weighted by molar-refractivity contribution is -0.137. The van der Waals surface area contributed by atoms with Crippen LogP contribution < -0.4 is 4.74 Å². The second-order valence-electron chi connectivity index (χ2n) is 4.93. The average molecular weight is 296 g/mol. The van der Waals surface area contributed by atoms with E-state index in [4.69, 9.17) is 9.47 Å². The molecule has 0 saturated carbocycles. The van der Waals surface area contributed by atoms with Crippen molar-refractivity contribution in [3.05, 3.63) is 71.3 Å². The van der Waals surface area contributed by atoms with Gasteiger partial charge in [-0.15, -0.1) is 0 Å². The molecule has 0 unspecified atom stereocenters. The fraction of sp³-hybridized carbons (Fsp3) is 0.211. The van der Waals surface area contributed by atoms with Gasteiger partial charge in [0.1, 0.15) is 12.4 Å². The third-order valence-electron chi connectivity index (χ3n) is 3.10. The molecule has 0 heterocycles. The molecule has 0 aliphatic carbocycles. The molecule has 2 aromatic rings. The van der Waals surface area contributed by atoms with E-state index in [-0.39, 0.29) is 5.97 Å². The molecule has 0 radical (unpaired) electrons. The minimum atomic E-state index is -0.331. The van der Waals surface area contributed by atoms with Gasteiger partial charge in [-0.1, -0.05) is 42.0 Å². The average Bonchev–Trinajstić information content (AvgIpc) is 2.54. The minimum absolute atomic E-state index is 0.331. The molecular weight excluding hydrogens is 276 g/mol. The first-order valence-electron chi connectivity index (χ1n) is 7.30. The van der Waals surface area contributed by atoms with Crippen LogP contribution >= 0.6 is 0 Å². The van der Waals surface area contributed by atoms with E-state index in [1.165, 1.54) is 11.6 Å². The molecule has 0 aromatic heterocycles. The number of ether oxygens (including phenoxy) is 2. The number of hydrogen-bond donors (Lipinski definition) is 0. The van der Waals surface area contributed by atoms with Gasteiger partial charge in [-0.3, -0.25) is 0 Å². The lowest BCUT2D eigenvalue weighted by atomic mass is 10.2. The summed E-state index contributed by atoms with van der Waals surface area (Å²) < 4.78 is 10.6. The summed E-state index contributed by atoms with van der Waals surface area (Å²) in [4.78, 5) is 11.2. The monoisotopic (exact) mass is 296 g/mol. The third kappa shape index (κ3) is 5.09. The number of rotatable bonds is 6. The Morgan fingerprint density at radius 1 is 1.05 bits per heavy atom. The molecule has 3 nitrogen and oxygen atoms in total. The van der Waals surface area contributed by atoms with Crippen molar-refractivity contribution in [1.29, 1.82) is 0 Å². The zero-order valence-electron chi connectivity index (χ0n) is 12.9. The van der Waals surface area contributed by atoms with Crippen LogP contribution in [0.2, 0.25) is 0 Å². The normalized spacial score (nSPS) is 10.6. The molecule has 2 rings (SSSR count). The van der Waals surface area contributed by atoms with E-state index in [1.807, 2.05) is 24.3 Å². The summed E-state index contributed by atoms with van der Waals surface area (Å²) >= 11 is 0. The molecule has 0 aliphatic heterocycles. The van der Waals surface area contributed by atoms with Crippen molar-refractivity contribution in [2.75, 3.05) is 6.61 Å². The maximum atomic E-state index is 11.2. The standard InChI is InChI=1S/C19H20O3/c1-3-21-19(20)13-10-16-8-11-18(12-9-16)22-14-17-6-4-15(2)5-7-17/h4-13H,3,14H2,1-2H3/b13-10+. The summed E-state index contributed by atoms with van der Waals surface area (Å²) in [5, 5.41) is 0. The molecule has 2 aromatic carbocycles. The molecule has 0 fully saturated rings. The Balaban J connectivity index is 1.89. The van der Waals surface area contributed by atoms with Crippen molar-refractivity contribution >= 4 is 12.0 Å². The summed E-state index contributed by atoms with van der Waals surface area (Å²) in [5.41, 5.74) is 3.30. The highest BCUT2D eigenvalue weighted by Crippen LogP contribution is 2.15. The van der Waals surface area contributed by atoms with E-state index in [0.29, 0.717) is 13.2 Å². The van der Waals surface area contributed by atoms with Crippen molar-refractivity contribution in [3.8, 4) is 5.75 Å². The second-order valence-corrected chi connectivity index (χ2v) is 4.93. The first kappa shape index (κ1) is 15.8. The van der Waals surface area contributed by atoms with Crippen molar-refractivity contribution in [2.45, 2.75) is 20.5 Å². The van der Waals surface area contributed by atoms with Crippen LogP contribution in [0.15, 0.2) is 54.6 Å². The van der Waals surface area contributed by atoms with Gasteiger partial charge in [0.05, 0.1) is 6.61 Å².